The Kier molecular flexibility index (Phi) is 5.40. The molecule has 0 aliphatic carbocycles. The number of hydrogen-bond acceptors (Lipinski definition) is 4. The van der Waals surface area contributed by atoms with Crippen molar-refractivity contribution < 1.29 is 13.2 Å². The number of ether oxygens (including phenoxy) is 1. The van der Waals surface area contributed by atoms with E-state index in [0.717, 1.165) is 18.7 Å². The maximum Gasteiger partial charge on any atom is 0.240 e. The predicted octanol–water partition coefficient (Wildman–Crippen LogP) is 1.16. The molecule has 112 valence electrons. The van der Waals surface area contributed by atoms with Gasteiger partial charge in [0.25, 0.3) is 0 Å². The van der Waals surface area contributed by atoms with Gasteiger partial charge in [0, 0.05) is 30.6 Å². The van der Waals surface area contributed by atoms with Crippen molar-refractivity contribution in [1.29, 1.82) is 0 Å². The minimum atomic E-state index is -3.53. The lowest BCUT2D eigenvalue weighted by atomic mass is 10.2. The van der Waals surface area contributed by atoms with Crippen LogP contribution in [0.15, 0.2) is 23.1 Å². The number of halogens is 1. The summed E-state index contributed by atoms with van der Waals surface area (Å²) in [6.07, 6.45) is 0. The zero-order chi connectivity index (χ0) is 14.6. The van der Waals surface area contributed by atoms with Crippen LogP contribution in [-0.4, -0.2) is 41.3 Å². The fourth-order valence-electron chi connectivity index (χ4n) is 1.94. The summed E-state index contributed by atoms with van der Waals surface area (Å²) in [5.41, 5.74) is 0.854. The van der Waals surface area contributed by atoms with E-state index in [9.17, 15) is 8.42 Å². The van der Waals surface area contributed by atoms with Gasteiger partial charge in [-0.1, -0.05) is 17.7 Å². The zero-order valence-electron chi connectivity index (χ0n) is 11.4. The molecule has 5 nitrogen and oxygen atoms in total. The van der Waals surface area contributed by atoms with Crippen molar-refractivity contribution in [3.8, 4) is 0 Å². The molecule has 1 aliphatic rings. The van der Waals surface area contributed by atoms with E-state index < -0.39 is 10.0 Å². The molecule has 1 aromatic rings. The summed E-state index contributed by atoms with van der Waals surface area (Å²) in [5.74, 6) is 0.133. The standard InChI is InChI=1S/C13H19ClN2O3S/c1-10-2-3-12(6-13(10)14)20(17,18)16-8-11-7-15-4-5-19-9-11/h2-3,6,11,15-16H,4-5,7-9H2,1H3/t11-/m0/s1. The third-order valence-electron chi connectivity index (χ3n) is 3.23. The highest BCUT2D eigenvalue weighted by Crippen LogP contribution is 2.19. The van der Waals surface area contributed by atoms with Gasteiger partial charge in [-0.2, -0.15) is 0 Å². The molecule has 0 saturated carbocycles. The lowest BCUT2D eigenvalue weighted by Gasteiger charge is -2.15. The minimum absolute atomic E-state index is 0.133. The van der Waals surface area contributed by atoms with Crippen LogP contribution >= 0.6 is 11.6 Å². The number of nitrogens with one attached hydrogen (secondary N) is 2. The number of sulfonamides is 1. The van der Waals surface area contributed by atoms with Crippen molar-refractivity contribution in [1.82, 2.24) is 10.0 Å². The first-order valence-corrected chi connectivity index (χ1v) is 8.39. The topological polar surface area (TPSA) is 67.4 Å². The lowest BCUT2D eigenvalue weighted by Crippen LogP contribution is -2.35. The Balaban J connectivity index is 2.01. The molecule has 0 unspecified atom stereocenters. The van der Waals surface area contributed by atoms with Crippen LogP contribution in [0.2, 0.25) is 5.02 Å². The van der Waals surface area contributed by atoms with Crippen molar-refractivity contribution in [3.05, 3.63) is 28.8 Å². The molecule has 1 heterocycles. The molecule has 1 fully saturated rings. The summed E-state index contributed by atoms with van der Waals surface area (Å²) >= 11 is 5.97. The molecule has 1 saturated heterocycles. The van der Waals surface area contributed by atoms with Crippen LogP contribution in [0.5, 0.6) is 0 Å². The summed E-state index contributed by atoms with van der Waals surface area (Å²) in [5, 5.41) is 3.66. The summed E-state index contributed by atoms with van der Waals surface area (Å²) in [4.78, 5) is 0.190. The number of aryl methyl sites for hydroxylation is 1. The van der Waals surface area contributed by atoms with Gasteiger partial charge in [-0.05, 0) is 24.6 Å². The molecule has 1 aromatic carbocycles. The summed E-state index contributed by atoms with van der Waals surface area (Å²) in [6, 6.07) is 4.74. The van der Waals surface area contributed by atoms with Gasteiger partial charge < -0.3 is 10.1 Å². The Morgan fingerprint density at radius 1 is 1.50 bits per heavy atom. The first-order valence-electron chi connectivity index (χ1n) is 6.53. The third kappa shape index (κ3) is 4.17. The van der Waals surface area contributed by atoms with E-state index in [0.29, 0.717) is 24.8 Å². The molecule has 2 N–H and O–H groups in total. The summed E-state index contributed by atoms with van der Waals surface area (Å²) in [6.45, 7) is 4.95. The van der Waals surface area contributed by atoms with Crippen molar-refractivity contribution in [2.45, 2.75) is 11.8 Å². The van der Waals surface area contributed by atoms with Crippen LogP contribution in [0.1, 0.15) is 5.56 Å². The van der Waals surface area contributed by atoms with Crippen molar-refractivity contribution in [2.24, 2.45) is 5.92 Å². The van der Waals surface area contributed by atoms with E-state index in [4.69, 9.17) is 16.3 Å². The van der Waals surface area contributed by atoms with Crippen molar-refractivity contribution in [2.75, 3.05) is 32.8 Å². The molecule has 0 radical (unpaired) electrons. The van der Waals surface area contributed by atoms with E-state index in [1.165, 1.54) is 6.07 Å². The van der Waals surface area contributed by atoms with E-state index in [1.807, 2.05) is 6.92 Å². The third-order valence-corrected chi connectivity index (χ3v) is 5.05. The summed E-state index contributed by atoms with van der Waals surface area (Å²) < 4.78 is 32.4. The van der Waals surface area contributed by atoms with Gasteiger partial charge >= 0.3 is 0 Å². The molecular formula is C13H19ClN2O3S. The fraction of sp³-hybridized carbons (Fsp3) is 0.538. The number of rotatable bonds is 4. The molecule has 1 aliphatic heterocycles. The highest BCUT2D eigenvalue weighted by atomic mass is 35.5. The van der Waals surface area contributed by atoms with Gasteiger partial charge in [0.05, 0.1) is 18.1 Å². The quantitative estimate of drug-likeness (QED) is 0.874. The Morgan fingerprint density at radius 3 is 3.05 bits per heavy atom. The molecule has 0 amide bonds. The molecule has 0 aromatic heterocycles. The number of hydrogen-bond donors (Lipinski definition) is 2. The smallest absolute Gasteiger partial charge is 0.240 e. The van der Waals surface area contributed by atoms with Crippen molar-refractivity contribution in [3.63, 3.8) is 0 Å². The normalized spacial score (nSPS) is 20.6. The highest BCUT2D eigenvalue weighted by Gasteiger charge is 2.19. The number of benzene rings is 1. The van der Waals surface area contributed by atoms with Gasteiger partial charge in [0.1, 0.15) is 0 Å². The molecule has 20 heavy (non-hydrogen) atoms. The zero-order valence-corrected chi connectivity index (χ0v) is 12.9. The maximum atomic E-state index is 12.2. The van der Waals surface area contributed by atoms with Crippen LogP contribution in [0.3, 0.4) is 0 Å². The largest absolute Gasteiger partial charge is 0.380 e. The van der Waals surface area contributed by atoms with Gasteiger partial charge in [0.15, 0.2) is 0 Å². The second kappa shape index (κ2) is 6.87. The average molecular weight is 319 g/mol. The molecular weight excluding hydrogens is 300 g/mol. The Morgan fingerprint density at radius 2 is 2.30 bits per heavy atom. The predicted molar refractivity (Wildman–Crippen MR) is 78.6 cm³/mol. The van der Waals surface area contributed by atoms with Crippen LogP contribution in [0, 0.1) is 12.8 Å². The van der Waals surface area contributed by atoms with Crippen LogP contribution in [-0.2, 0) is 14.8 Å². The second-order valence-corrected chi connectivity index (χ2v) is 7.08. The van der Waals surface area contributed by atoms with Gasteiger partial charge in [0.2, 0.25) is 10.0 Å². The SMILES string of the molecule is Cc1ccc(S(=O)(=O)NC[C@@H]2CNCCOC2)cc1Cl. The van der Waals surface area contributed by atoms with Crippen LogP contribution in [0.4, 0.5) is 0 Å². The van der Waals surface area contributed by atoms with E-state index >= 15 is 0 Å². The Bertz CT molecular complexity index is 555. The first kappa shape index (κ1) is 15.7. The lowest BCUT2D eigenvalue weighted by molar-refractivity contribution is 0.124. The van der Waals surface area contributed by atoms with Crippen LogP contribution < -0.4 is 10.0 Å². The average Bonchev–Trinajstić information content (AvgIpc) is 2.68. The molecule has 2 rings (SSSR count). The Labute approximate surface area is 124 Å². The van der Waals surface area contributed by atoms with Gasteiger partial charge in [-0.3, -0.25) is 0 Å². The molecule has 0 bridgehead atoms. The van der Waals surface area contributed by atoms with E-state index in [2.05, 4.69) is 10.0 Å². The first-order chi connectivity index (χ1) is 9.49. The maximum absolute atomic E-state index is 12.2. The minimum Gasteiger partial charge on any atom is -0.380 e. The fourth-order valence-corrected chi connectivity index (χ4v) is 3.33. The second-order valence-electron chi connectivity index (χ2n) is 4.91. The van der Waals surface area contributed by atoms with Crippen molar-refractivity contribution >= 4 is 21.6 Å². The molecule has 0 spiro atoms. The van der Waals surface area contributed by atoms with E-state index in [-0.39, 0.29) is 10.8 Å². The van der Waals surface area contributed by atoms with Gasteiger partial charge in [-0.15, -0.1) is 0 Å². The van der Waals surface area contributed by atoms with Crippen LogP contribution in [0.25, 0.3) is 0 Å². The van der Waals surface area contributed by atoms with E-state index in [1.54, 1.807) is 12.1 Å². The van der Waals surface area contributed by atoms with Gasteiger partial charge in [-0.25, -0.2) is 13.1 Å². The Hall–Kier alpha value is -0.660. The monoisotopic (exact) mass is 318 g/mol. The highest BCUT2D eigenvalue weighted by molar-refractivity contribution is 7.89. The summed E-state index contributed by atoms with van der Waals surface area (Å²) in [7, 11) is -3.53. The molecule has 7 heteroatoms. The molecule has 1 atom stereocenters.